The van der Waals surface area contributed by atoms with Gasteiger partial charge in [-0.2, -0.15) is 0 Å². The number of halogens is 1. The van der Waals surface area contributed by atoms with Gasteiger partial charge in [0.1, 0.15) is 0 Å². The van der Waals surface area contributed by atoms with Crippen molar-refractivity contribution in [3.8, 4) is 0 Å². The van der Waals surface area contributed by atoms with Gasteiger partial charge < -0.3 is 5.73 Å². The first-order valence-corrected chi connectivity index (χ1v) is 6.17. The standard InChI is InChI=1S/C10H10BrNOS/c11-7-1-2-9-8(3-7)10(13)6(4-12)5-14-9/h1-3,6H,4-5,12H2. The molecule has 0 fully saturated rings. The maximum Gasteiger partial charge on any atom is 0.169 e. The first kappa shape index (κ1) is 10.2. The third-order valence-electron chi connectivity index (χ3n) is 2.30. The van der Waals surface area contributed by atoms with Gasteiger partial charge in [0.05, 0.1) is 0 Å². The number of nitrogens with two attached hydrogens (primary N) is 1. The Bertz CT molecular complexity index is 380. The summed E-state index contributed by atoms with van der Waals surface area (Å²) in [6, 6.07) is 5.82. The average Bonchev–Trinajstić information content (AvgIpc) is 2.20. The normalized spacial score (nSPS) is 20.7. The summed E-state index contributed by atoms with van der Waals surface area (Å²) in [6.07, 6.45) is 0. The van der Waals surface area contributed by atoms with Gasteiger partial charge >= 0.3 is 0 Å². The fourth-order valence-electron chi connectivity index (χ4n) is 1.48. The summed E-state index contributed by atoms with van der Waals surface area (Å²) in [5.41, 5.74) is 6.35. The maximum atomic E-state index is 11.9. The fourth-order valence-corrected chi connectivity index (χ4v) is 2.99. The Kier molecular flexibility index (Phi) is 2.95. The summed E-state index contributed by atoms with van der Waals surface area (Å²) in [5, 5.41) is 0. The lowest BCUT2D eigenvalue weighted by molar-refractivity contribution is 0.0931. The van der Waals surface area contributed by atoms with Crippen LogP contribution in [0.15, 0.2) is 27.6 Å². The van der Waals surface area contributed by atoms with Crippen LogP contribution in [-0.2, 0) is 0 Å². The molecule has 1 heterocycles. The Hall–Kier alpha value is -0.320. The topological polar surface area (TPSA) is 43.1 Å². The van der Waals surface area contributed by atoms with E-state index in [-0.39, 0.29) is 11.7 Å². The van der Waals surface area contributed by atoms with Gasteiger partial charge in [-0.1, -0.05) is 15.9 Å². The van der Waals surface area contributed by atoms with Crippen LogP contribution in [0.25, 0.3) is 0 Å². The Balaban J connectivity index is 2.43. The Morgan fingerprint density at radius 3 is 3.07 bits per heavy atom. The molecule has 2 rings (SSSR count). The number of rotatable bonds is 1. The van der Waals surface area contributed by atoms with Crippen molar-refractivity contribution in [2.75, 3.05) is 12.3 Å². The molecule has 0 aliphatic carbocycles. The largest absolute Gasteiger partial charge is 0.330 e. The molecule has 2 N–H and O–H groups in total. The van der Waals surface area contributed by atoms with Crippen molar-refractivity contribution in [2.45, 2.75) is 4.90 Å². The fraction of sp³-hybridized carbons (Fsp3) is 0.300. The van der Waals surface area contributed by atoms with Crippen molar-refractivity contribution < 1.29 is 4.79 Å². The van der Waals surface area contributed by atoms with Gasteiger partial charge in [0.25, 0.3) is 0 Å². The smallest absolute Gasteiger partial charge is 0.169 e. The van der Waals surface area contributed by atoms with Gasteiger partial charge in [-0.3, -0.25) is 4.79 Å². The molecule has 1 aliphatic rings. The summed E-state index contributed by atoms with van der Waals surface area (Å²) < 4.78 is 0.947. The van der Waals surface area contributed by atoms with E-state index in [1.807, 2.05) is 18.2 Å². The molecule has 1 aliphatic heterocycles. The van der Waals surface area contributed by atoms with Gasteiger partial charge in [-0.25, -0.2) is 0 Å². The van der Waals surface area contributed by atoms with Crippen LogP contribution >= 0.6 is 27.7 Å². The van der Waals surface area contributed by atoms with Crippen molar-refractivity contribution in [3.05, 3.63) is 28.2 Å². The summed E-state index contributed by atoms with van der Waals surface area (Å²) >= 11 is 5.08. The zero-order chi connectivity index (χ0) is 10.1. The quantitative estimate of drug-likeness (QED) is 0.853. The number of Topliss-reactive ketones (excluding diaryl/α,β-unsaturated/α-hetero) is 1. The molecule has 1 unspecified atom stereocenters. The molecule has 0 aromatic heterocycles. The highest BCUT2D eigenvalue weighted by Crippen LogP contribution is 2.33. The van der Waals surface area contributed by atoms with Crippen molar-refractivity contribution in [1.29, 1.82) is 0 Å². The minimum atomic E-state index is -0.0122. The molecule has 1 atom stereocenters. The Labute approximate surface area is 95.4 Å². The predicted octanol–water partition coefficient (Wildman–Crippen LogP) is 2.31. The van der Waals surface area contributed by atoms with E-state index >= 15 is 0 Å². The second-order valence-electron chi connectivity index (χ2n) is 3.25. The zero-order valence-corrected chi connectivity index (χ0v) is 9.90. The molecule has 0 radical (unpaired) electrons. The molecule has 0 saturated carbocycles. The van der Waals surface area contributed by atoms with Gasteiger partial charge in [-0.15, -0.1) is 11.8 Å². The molecule has 0 saturated heterocycles. The first-order chi connectivity index (χ1) is 6.72. The summed E-state index contributed by atoms with van der Waals surface area (Å²) in [4.78, 5) is 13.0. The van der Waals surface area contributed by atoms with Crippen molar-refractivity contribution in [2.24, 2.45) is 11.7 Å². The third kappa shape index (κ3) is 1.74. The molecule has 0 bridgehead atoms. The number of benzene rings is 1. The molecule has 1 aromatic carbocycles. The van der Waals surface area contributed by atoms with Crippen LogP contribution in [0.1, 0.15) is 10.4 Å². The highest BCUT2D eigenvalue weighted by atomic mass is 79.9. The molecular formula is C10H10BrNOS. The minimum Gasteiger partial charge on any atom is -0.330 e. The van der Waals surface area contributed by atoms with Gasteiger partial charge in [0, 0.05) is 33.1 Å². The highest BCUT2D eigenvalue weighted by molar-refractivity contribution is 9.10. The number of thioether (sulfide) groups is 1. The highest BCUT2D eigenvalue weighted by Gasteiger charge is 2.26. The van der Waals surface area contributed by atoms with E-state index in [4.69, 9.17) is 5.73 Å². The number of fused-ring (bicyclic) bond motifs is 1. The predicted molar refractivity (Wildman–Crippen MR) is 61.7 cm³/mol. The van der Waals surface area contributed by atoms with Gasteiger partial charge in [0.2, 0.25) is 0 Å². The molecule has 4 heteroatoms. The lowest BCUT2D eigenvalue weighted by atomic mass is 9.99. The molecule has 0 amide bonds. The van der Waals surface area contributed by atoms with Crippen LogP contribution in [0.5, 0.6) is 0 Å². The molecule has 1 aromatic rings. The van der Waals surface area contributed by atoms with Crippen LogP contribution in [-0.4, -0.2) is 18.1 Å². The zero-order valence-electron chi connectivity index (χ0n) is 7.50. The van der Waals surface area contributed by atoms with E-state index in [2.05, 4.69) is 15.9 Å². The summed E-state index contributed by atoms with van der Waals surface area (Å²) in [7, 11) is 0. The van der Waals surface area contributed by atoms with Crippen LogP contribution in [0.4, 0.5) is 0 Å². The van der Waals surface area contributed by atoms with Crippen LogP contribution < -0.4 is 5.73 Å². The number of hydrogen-bond acceptors (Lipinski definition) is 3. The number of carbonyl (C=O) groups excluding carboxylic acids is 1. The molecule has 74 valence electrons. The summed E-state index contributed by atoms with van der Waals surface area (Å²) in [5.74, 6) is 0.980. The van der Waals surface area contributed by atoms with E-state index in [9.17, 15) is 4.79 Å². The Morgan fingerprint density at radius 1 is 1.57 bits per heavy atom. The van der Waals surface area contributed by atoms with Crippen molar-refractivity contribution >= 4 is 33.5 Å². The van der Waals surface area contributed by atoms with Gasteiger partial charge in [-0.05, 0) is 18.2 Å². The van der Waals surface area contributed by atoms with Gasteiger partial charge in [0.15, 0.2) is 5.78 Å². The van der Waals surface area contributed by atoms with Crippen molar-refractivity contribution in [3.63, 3.8) is 0 Å². The summed E-state index contributed by atoms with van der Waals surface area (Å²) in [6.45, 7) is 0.442. The second kappa shape index (κ2) is 4.04. The number of hydrogen-bond donors (Lipinski definition) is 1. The molecular weight excluding hydrogens is 262 g/mol. The number of carbonyl (C=O) groups is 1. The van der Waals surface area contributed by atoms with Crippen LogP contribution in [0.3, 0.4) is 0 Å². The van der Waals surface area contributed by atoms with E-state index in [1.54, 1.807) is 11.8 Å². The van der Waals surface area contributed by atoms with Crippen LogP contribution in [0.2, 0.25) is 0 Å². The Morgan fingerprint density at radius 2 is 2.36 bits per heavy atom. The van der Waals surface area contributed by atoms with Crippen molar-refractivity contribution in [1.82, 2.24) is 0 Å². The molecule has 2 nitrogen and oxygen atoms in total. The van der Waals surface area contributed by atoms with E-state index in [0.29, 0.717) is 6.54 Å². The third-order valence-corrected chi connectivity index (χ3v) is 4.03. The van der Waals surface area contributed by atoms with E-state index in [0.717, 1.165) is 20.7 Å². The number of ketones is 1. The lowest BCUT2D eigenvalue weighted by Gasteiger charge is -2.21. The first-order valence-electron chi connectivity index (χ1n) is 4.39. The van der Waals surface area contributed by atoms with Crippen LogP contribution in [0, 0.1) is 5.92 Å². The SMILES string of the molecule is NCC1CSc2ccc(Br)cc2C1=O. The molecule has 14 heavy (non-hydrogen) atoms. The van der Waals surface area contributed by atoms with E-state index < -0.39 is 0 Å². The average molecular weight is 272 g/mol. The monoisotopic (exact) mass is 271 g/mol. The minimum absolute atomic E-state index is 0.0122. The second-order valence-corrected chi connectivity index (χ2v) is 5.23. The van der Waals surface area contributed by atoms with E-state index in [1.165, 1.54) is 0 Å². The maximum absolute atomic E-state index is 11.9. The lowest BCUT2D eigenvalue weighted by Crippen LogP contribution is -2.29. The molecule has 0 spiro atoms.